The van der Waals surface area contributed by atoms with Gasteiger partial charge in [-0.25, -0.2) is 17.7 Å². The van der Waals surface area contributed by atoms with Gasteiger partial charge in [-0.15, -0.1) is 11.3 Å². The maximum absolute atomic E-state index is 13.3. The van der Waals surface area contributed by atoms with E-state index < -0.39 is 28.0 Å². The zero-order chi connectivity index (χ0) is 21.6. The number of amides is 2. The fraction of sp³-hybridized carbons (Fsp3) is 0.750. The Kier molecular flexibility index (Phi) is 5.93. The van der Waals surface area contributed by atoms with Gasteiger partial charge in [0, 0.05) is 11.9 Å². The summed E-state index contributed by atoms with van der Waals surface area (Å²) >= 11 is 1.49. The number of fused-ring (bicyclic) bond motifs is 1. The number of thiazole rings is 1. The van der Waals surface area contributed by atoms with Crippen molar-refractivity contribution in [2.45, 2.75) is 58.2 Å². The van der Waals surface area contributed by atoms with Crippen LogP contribution in [0.3, 0.4) is 0 Å². The van der Waals surface area contributed by atoms with Gasteiger partial charge in [0.2, 0.25) is 15.9 Å². The van der Waals surface area contributed by atoms with Crippen molar-refractivity contribution >= 4 is 33.2 Å². The molecule has 2 amide bonds. The second-order valence-electron chi connectivity index (χ2n) is 8.98. The predicted molar refractivity (Wildman–Crippen MR) is 114 cm³/mol. The van der Waals surface area contributed by atoms with Crippen LogP contribution in [0.4, 0.5) is 0 Å². The number of carbonyl (C=O) groups excluding carboxylic acids is 2. The van der Waals surface area contributed by atoms with E-state index in [4.69, 9.17) is 0 Å². The highest BCUT2D eigenvalue weighted by Crippen LogP contribution is 2.41. The largest absolute Gasteiger partial charge is 0.331 e. The average molecular weight is 455 g/mol. The third kappa shape index (κ3) is 3.89. The molecule has 3 atom stereocenters. The number of likely N-dealkylation sites (tertiary alicyclic amines) is 2. The molecular formula is C20H30N4O4S2. The van der Waals surface area contributed by atoms with E-state index in [2.05, 4.69) is 9.88 Å². The molecule has 0 N–H and O–H groups in total. The maximum atomic E-state index is 13.3. The second-order valence-corrected chi connectivity index (χ2v) is 11.8. The van der Waals surface area contributed by atoms with Crippen LogP contribution < -0.4 is 0 Å². The lowest BCUT2D eigenvalue weighted by molar-refractivity contribution is -0.129. The monoisotopic (exact) mass is 454 g/mol. The zero-order valence-electron chi connectivity index (χ0n) is 17.8. The van der Waals surface area contributed by atoms with Crippen molar-refractivity contribution in [3.05, 3.63) is 16.1 Å². The molecule has 8 nitrogen and oxygen atoms in total. The minimum absolute atomic E-state index is 0.0600. The van der Waals surface area contributed by atoms with Crippen LogP contribution in [0.2, 0.25) is 0 Å². The van der Waals surface area contributed by atoms with Crippen molar-refractivity contribution in [3.8, 4) is 0 Å². The number of sulfonamides is 1. The highest BCUT2D eigenvalue weighted by Gasteiger charge is 2.58. The van der Waals surface area contributed by atoms with E-state index in [1.807, 2.05) is 13.8 Å². The summed E-state index contributed by atoms with van der Waals surface area (Å²) in [5, 5.41) is 2.72. The standard InChI is InChI=1S/C20H30N4O4S2/c1-13(2)17-18-15(24(20(17)26)30(3,27)28)7-10-23(18)19(25)14-12-29-16(21-14)11-22-8-5-4-6-9-22/h12-13,15,17-18H,4-11H2,1-3H3/t15-,17+,18-/m0/s1. The van der Waals surface area contributed by atoms with E-state index in [1.165, 1.54) is 30.6 Å². The molecule has 3 saturated heterocycles. The number of nitrogens with zero attached hydrogens (tertiary/aromatic N) is 4. The average Bonchev–Trinajstić information content (AvgIpc) is 3.35. The number of hydrogen-bond donors (Lipinski definition) is 0. The lowest BCUT2D eigenvalue weighted by Gasteiger charge is -2.28. The van der Waals surface area contributed by atoms with Gasteiger partial charge in [0.15, 0.2) is 0 Å². The lowest BCUT2D eigenvalue weighted by Crippen LogP contribution is -2.44. The molecule has 0 saturated carbocycles. The van der Waals surface area contributed by atoms with Crippen molar-refractivity contribution < 1.29 is 18.0 Å². The van der Waals surface area contributed by atoms with Crippen LogP contribution >= 0.6 is 11.3 Å². The van der Waals surface area contributed by atoms with Crippen LogP contribution in [0, 0.1) is 11.8 Å². The van der Waals surface area contributed by atoms with Gasteiger partial charge in [-0.2, -0.15) is 0 Å². The Morgan fingerprint density at radius 2 is 1.93 bits per heavy atom. The Morgan fingerprint density at radius 3 is 2.57 bits per heavy atom. The molecule has 0 radical (unpaired) electrons. The topological polar surface area (TPSA) is 90.9 Å². The highest BCUT2D eigenvalue weighted by atomic mass is 32.2. The molecular weight excluding hydrogens is 424 g/mol. The molecule has 4 heterocycles. The molecule has 1 aromatic rings. The van der Waals surface area contributed by atoms with Crippen molar-refractivity contribution in [3.63, 3.8) is 0 Å². The number of piperidine rings is 1. The number of rotatable bonds is 5. The fourth-order valence-corrected chi connectivity index (χ4v) is 7.19. The Balaban J connectivity index is 1.54. The molecule has 0 spiro atoms. The lowest BCUT2D eigenvalue weighted by atomic mass is 9.88. The molecule has 3 aliphatic heterocycles. The molecule has 3 fully saturated rings. The van der Waals surface area contributed by atoms with Crippen LogP contribution in [-0.2, 0) is 21.4 Å². The first kappa shape index (κ1) is 21.7. The van der Waals surface area contributed by atoms with E-state index in [-0.39, 0.29) is 17.7 Å². The van der Waals surface area contributed by atoms with Gasteiger partial charge in [-0.05, 0) is 38.3 Å². The smallest absolute Gasteiger partial charge is 0.273 e. The Hall–Kier alpha value is -1.52. The van der Waals surface area contributed by atoms with Crippen LogP contribution in [0.25, 0.3) is 0 Å². The van der Waals surface area contributed by atoms with Crippen molar-refractivity contribution in [2.24, 2.45) is 11.8 Å². The van der Waals surface area contributed by atoms with Gasteiger partial charge >= 0.3 is 0 Å². The quantitative estimate of drug-likeness (QED) is 0.674. The SMILES string of the molecule is CC(C)[C@H]1C(=O)N(S(C)(=O)=O)[C@H]2CCN(C(=O)c3csc(CN4CCCCC4)n3)[C@H]12. The van der Waals surface area contributed by atoms with Crippen LogP contribution in [0.5, 0.6) is 0 Å². The van der Waals surface area contributed by atoms with Crippen molar-refractivity contribution in [2.75, 3.05) is 25.9 Å². The maximum Gasteiger partial charge on any atom is 0.273 e. The second kappa shape index (κ2) is 8.20. The van der Waals surface area contributed by atoms with Gasteiger partial charge in [0.05, 0.1) is 30.8 Å². The van der Waals surface area contributed by atoms with E-state index >= 15 is 0 Å². The summed E-state index contributed by atoms with van der Waals surface area (Å²) in [6.07, 6.45) is 5.23. The molecule has 4 rings (SSSR count). The normalized spacial score (nSPS) is 27.9. The third-order valence-corrected chi connectivity index (χ3v) is 8.51. The Labute approximate surface area is 182 Å². The van der Waals surface area contributed by atoms with Crippen LogP contribution in [0.15, 0.2) is 5.38 Å². The molecule has 10 heteroatoms. The zero-order valence-corrected chi connectivity index (χ0v) is 19.4. The fourth-order valence-electron chi connectivity index (χ4n) is 5.21. The molecule has 0 unspecified atom stereocenters. The summed E-state index contributed by atoms with van der Waals surface area (Å²) in [5.41, 5.74) is 0.403. The molecule has 0 aliphatic carbocycles. The molecule has 30 heavy (non-hydrogen) atoms. The molecule has 0 bridgehead atoms. The van der Waals surface area contributed by atoms with Crippen molar-refractivity contribution in [1.82, 2.24) is 19.1 Å². The van der Waals surface area contributed by atoms with Gasteiger partial charge < -0.3 is 4.90 Å². The molecule has 166 valence electrons. The summed E-state index contributed by atoms with van der Waals surface area (Å²) in [6.45, 7) is 7.16. The first-order valence-electron chi connectivity index (χ1n) is 10.7. The summed E-state index contributed by atoms with van der Waals surface area (Å²) in [7, 11) is -3.67. The van der Waals surface area contributed by atoms with Gasteiger partial charge in [0.1, 0.15) is 10.7 Å². The number of aromatic nitrogens is 1. The van der Waals surface area contributed by atoms with Crippen molar-refractivity contribution in [1.29, 1.82) is 0 Å². The summed E-state index contributed by atoms with van der Waals surface area (Å²) in [5.74, 6) is -1.15. The first-order chi connectivity index (χ1) is 14.2. The highest BCUT2D eigenvalue weighted by molar-refractivity contribution is 7.88. The minimum Gasteiger partial charge on any atom is -0.331 e. The number of carbonyl (C=O) groups is 2. The Bertz CT molecular complexity index is 923. The first-order valence-corrected chi connectivity index (χ1v) is 13.4. The summed E-state index contributed by atoms with van der Waals surface area (Å²) in [6, 6.07) is -0.901. The minimum atomic E-state index is -3.67. The number of hydrogen-bond acceptors (Lipinski definition) is 7. The third-order valence-electron chi connectivity index (χ3n) is 6.51. The molecule has 0 aromatic carbocycles. The van der Waals surface area contributed by atoms with Crippen LogP contribution in [0.1, 0.15) is 55.0 Å². The van der Waals surface area contributed by atoms with E-state index in [9.17, 15) is 18.0 Å². The van der Waals surface area contributed by atoms with Gasteiger partial charge in [0.25, 0.3) is 5.91 Å². The molecule has 3 aliphatic rings. The Morgan fingerprint density at radius 1 is 1.23 bits per heavy atom. The van der Waals surface area contributed by atoms with Gasteiger partial charge in [-0.3, -0.25) is 14.5 Å². The predicted octanol–water partition coefficient (Wildman–Crippen LogP) is 1.79. The van der Waals surface area contributed by atoms with Crippen LogP contribution in [-0.4, -0.2) is 77.3 Å². The van der Waals surface area contributed by atoms with Gasteiger partial charge in [-0.1, -0.05) is 20.3 Å². The van der Waals surface area contributed by atoms with E-state index in [0.29, 0.717) is 18.7 Å². The summed E-state index contributed by atoms with van der Waals surface area (Å²) < 4.78 is 25.6. The molecule has 1 aromatic heterocycles. The van der Waals surface area contributed by atoms with E-state index in [0.717, 1.165) is 35.2 Å². The summed E-state index contributed by atoms with van der Waals surface area (Å²) in [4.78, 5) is 34.9. The van der Waals surface area contributed by atoms with E-state index in [1.54, 1.807) is 10.3 Å².